The summed E-state index contributed by atoms with van der Waals surface area (Å²) in [4.78, 5) is 3.52. The maximum absolute atomic E-state index is 12.1. The van der Waals surface area contributed by atoms with Crippen LogP contribution in [0.25, 0.3) is 0 Å². The standard InChI is InChI=1S/C8H8F3NO/c1-5-3-6(8(9,10)11)4-12-7(5)13-2/h3-4H,1-2H3. The maximum Gasteiger partial charge on any atom is 0.417 e. The molecule has 1 rings (SSSR count). The van der Waals surface area contributed by atoms with Crippen LogP contribution < -0.4 is 4.74 Å². The van der Waals surface area contributed by atoms with Crippen molar-refractivity contribution in [3.8, 4) is 5.88 Å². The molecule has 0 amide bonds. The van der Waals surface area contributed by atoms with Gasteiger partial charge in [-0.15, -0.1) is 0 Å². The molecule has 0 bridgehead atoms. The molecule has 1 aromatic heterocycles. The van der Waals surface area contributed by atoms with E-state index in [1.54, 1.807) is 0 Å². The van der Waals surface area contributed by atoms with Crippen LogP contribution in [0.1, 0.15) is 11.1 Å². The van der Waals surface area contributed by atoms with E-state index in [9.17, 15) is 13.2 Å². The Morgan fingerprint density at radius 3 is 2.38 bits per heavy atom. The second-order valence-corrected chi connectivity index (χ2v) is 2.55. The zero-order valence-corrected chi connectivity index (χ0v) is 7.14. The molecule has 0 atom stereocenters. The molecule has 1 aromatic rings. The van der Waals surface area contributed by atoms with Gasteiger partial charge in [0.25, 0.3) is 0 Å². The van der Waals surface area contributed by atoms with E-state index in [4.69, 9.17) is 4.74 Å². The molecule has 0 spiro atoms. The highest BCUT2D eigenvalue weighted by molar-refractivity contribution is 5.29. The van der Waals surface area contributed by atoms with Gasteiger partial charge in [-0.3, -0.25) is 0 Å². The molecule has 2 nitrogen and oxygen atoms in total. The van der Waals surface area contributed by atoms with Crippen LogP contribution in [0, 0.1) is 6.92 Å². The molecule has 0 aliphatic heterocycles. The molecule has 0 fully saturated rings. The largest absolute Gasteiger partial charge is 0.481 e. The van der Waals surface area contributed by atoms with E-state index in [-0.39, 0.29) is 5.88 Å². The summed E-state index contributed by atoms with van der Waals surface area (Å²) in [6.45, 7) is 1.51. The summed E-state index contributed by atoms with van der Waals surface area (Å²) in [5.41, 5.74) is -0.386. The molecule has 0 aliphatic rings. The van der Waals surface area contributed by atoms with E-state index in [1.165, 1.54) is 14.0 Å². The van der Waals surface area contributed by atoms with Crippen molar-refractivity contribution in [2.45, 2.75) is 13.1 Å². The van der Waals surface area contributed by atoms with Crippen molar-refractivity contribution < 1.29 is 17.9 Å². The van der Waals surface area contributed by atoms with Crippen LogP contribution in [0.5, 0.6) is 5.88 Å². The molecule has 13 heavy (non-hydrogen) atoms. The number of methoxy groups -OCH3 is 1. The highest BCUT2D eigenvalue weighted by atomic mass is 19.4. The van der Waals surface area contributed by atoms with Gasteiger partial charge in [-0.25, -0.2) is 4.98 Å². The molecular formula is C8H8F3NO. The van der Waals surface area contributed by atoms with Crippen LogP contribution in [-0.4, -0.2) is 12.1 Å². The predicted octanol–water partition coefficient (Wildman–Crippen LogP) is 2.42. The first-order chi connectivity index (χ1) is 5.95. The molecule has 1 heterocycles. The summed E-state index contributed by atoms with van der Waals surface area (Å²) in [5.74, 6) is 0.216. The highest BCUT2D eigenvalue weighted by Crippen LogP contribution is 2.30. The number of hydrogen-bond acceptors (Lipinski definition) is 2. The SMILES string of the molecule is COc1ncc(C(F)(F)F)cc1C. The molecule has 72 valence electrons. The normalized spacial score (nSPS) is 11.5. The third-order valence-corrected chi connectivity index (χ3v) is 1.55. The van der Waals surface area contributed by atoms with E-state index in [0.29, 0.717) is 5.56 Å². The van der Waals surface area contributed by atoms with Gasteiger partial charge in [0.05, 0.1) is 12.7 Å². The molecule has 0 aromatic carbocycles. The Morgan fingerprint density at radius 1 is 1.38 bits per heavy atom. The summed E-state index contributed by atoms with van der Waals surface area (Å²) < 4.78 is 41.1. The van der Waals surface area contributed by atoms with E-state index < -0.39 is 11.7 Å². The zero-order valence-electron chi connectivity index (χ0n) is 7.14. The van der Waals surface area contributed by atoms with Gasteiger partial charge >= 0.3 is 6.18 Å². The topological polar surface area (TPSA) is 22.1 Å². The van der Waals surface area contributed by atoms with Gasteiger partial charge in [-0.2, -0.15) is 13.2 Å². The summed E-state index contributed by atoms with van der Waals surface area (Å²) in [5, 5.41) is 0. The number of alkyl halides is 3. The predicted molar refractivity (Wildman–Crippen MR) is 40.5 cm³/mol. The summed E-state index contributed by atoms with van der Waals surface area (Å²) >= 11 is 0. The number of ether oxygens (including phenoxy) is 1. The molecule has 5 heteroatoms. The Bertz CT molecular complexity index is 309. The van der Waals surface area contributed by atoms with Crippen molar-refractivity contribution >= 4 is 0 Å². The molecule has 0 N–H and O–H groups in total. The quantitative estimate of drug-likeness (QED) is 0.680. The Balaban J connectivity index is 3.10. The number of aromatic nitrogens is 1. The fraction of sp³-hybridized carbons (Fsp3) is 0.375. The second-order valence-electron chi connectivity index (χ2n) is 2.55. The first kappa shape index (κ1) is 9.83. The minimum Gasteiger partial charge on any atom is -0.481 e. The van der Waals surface area contributed by atoms with Gasteiger partial charge in [-0.05, 0) is 13.0 Å². The van der Waals surface area contributed by atoms with Crippen molar-refractivity contribution in [1.29, 1.82) is 0 Å². The van der Waals surface area contributed by atoms with Crippen molar-refractivity contribution in [3.63, 3.8) is 0 Å². The zero-order chi connectivity index (χ0) is 10.1. The molecule has 0 radical (unpaired) electrons. The van der Waals surface area contributed by atoms with E-state index in [2.05, 4.69) is 4.98 Å². The van der Waals surface area contributed by atoms with Crippen molar-refractivity contribution in [1.82, 2.24) is 4.98 Å². The van der Waals surface area contributed by atoms with Crippen LogP contribution in [0.3, 0.4) is 0 Å². The van der Waals surface area contributed by atoms with Gasteiger partial charge in [0.15, 0.2) is 0 Å². The molecule has 0 saturated carbocycles. The summed E-state index contributed by atoms with van der Waals surface area (Å²) in [6, 6.07) is 1.01. The van der Waals surface area contributed by atoms with E-state index in [1.807, 2.05) is 0 Å². The van der Waals surface area contributed by atoms with Gasteiger partial charge in [0, 0.05) is 11.8 Å². The van der Waals surface area contributed by atoms with Crippen molar-refractivity contribution in [3.05, 3.63) is 23.4 Å². The van der Waals surface area contributed by atoms with Gasteiger partial charge in [0.2, 0.25) is 5.88 Å². The number of nitrogens with zero attached hydrogens (tertiary/aromatic N) is 1. The van der Waals surface area contributed by atoms with Gasteiger partial charge < -0.3 is 4.74 Å². The minimum absolute atomic E-state index is 0.216. The molecular weight excluding hydrogens is 183 g/mol. The number of halogens is 3. The first-order valence-electron chi connectivity index (χ1n) is 3.53. The van der Waals surface area contributed by atoms with Gasteiger partial charge in [-0.1, -0.05) is 0 Å². The van der Waals surface area contributed by atoms with Crippen LogP contribution >= 0.6 is 0 Å². The number of aryl methyl sites for hydroxylation is 1. The smallest absolute Gasteiger partial charge is 0.417 e. The van der Waals surface area contributed by atoms with E-state index in [0.717, 1.165) is 12.3 Å². The maximum atomic E-state index is 12.1. The van der Waals surface area contributed by atoms with E-state index >= 15 is 0 Å². The Morgan fingerprint density at radius 2 is 2.00 bits per heavy atom. The third kappa shape index (κ3) is 2.11. The van der Waals surface area contributed by atoms with Crippen LogP contribution in [-0.2, 0) is 6.18 Å². The second kappa shape index (κ2) is 3.24. The highest BCUT2D eigenvalue weighted by Gasteiger charge is 2.31. The number of pyridine rings is 1. The van der Waals surface area contributed by atoms with Crippen molar-refractivity contribution in [2.75, 3.05) is 7.11 Å². The van der Waals surface area contributed by atoms with Crippen LogP contribution in [0.15, 0.2) is 12.3 Å². The lowest BCUT2D eigenvalue weighted by molar-refractivity contribution is -0.137. The van der Waals surface area contributed by atoms with Crippen LogP contribution in [0.2, 0.25) is 0 Å². The summed E-state index contributed by atoms with van der Waals surface area (Å²) in [6.07, 6.45) is -3.59. The lowest BCUT2D eigenvalue weighted by Crippen LogP contribution is -2.06. The lowest BCUT2D eigenvalue weighted by atomic mass is 10.2. The van der Waals surface area contributed by atoms with Gasteiger partial charge in [0.1, 0.15) is 0 Å². The average Bonchev–Trinajstić information content (AvgIpc) is 2.02. The number of hydrogen-bond donors (Lipinski definition) is 0. The average molecular weight is 191 g/mol. The Hall–Kier alpha value is -1.26. The fourth-order valence-corrected chi connectivity index (χ4v) is 0.931. The Labute approximate surface area is 73.4 Å². The fourth-order valence-electron chi connectivity index (χ4n) is 0.931. The molecule has 0 saturated heterocycles. The van der Waals surface area contributed by atoms with Crippen molar-refractivity contribution in [2.24, 2.45) is 0 Å². The lowest BCUT2D eigenvalue weighted by Gasteiger charge is -2.08. The first-order valence-corrected chi connectivity index (χ1v) is 3.53. The molecule has 0 aliphatic carbocycles. The summed E-state index contributed by atoms with van der Waals surface area (Å²) in [7, 11) is 1.36. The Kier molecular flexibility index (Phi) is 2.45. The number of rotatable bonds is 1. The monoisotopic (exact) mass is 191 g/mol. The minimum atomic E-state index is -4.34. The third-order valence-electron chi connectivity index (χ3n) is 1.55. The van der Waals surface area contributed by atoms with Crippen LogP contribution in [0.4, 0.5) is 13.2 Å². The molecule has 0 unspecified atom stereocenters.